The van der Waals surface area contributed by atoms with Gasteiger partial charge in [0.2, 0.25) is 0 Å². The first-order chi connectivity index (χ1) is 10.3. The molecule has 2 saturated carbocycles. The summed E-state index contributed by atoms with van der Waals surface area (Å²) in [7, 11) is 0. The lowest BCUT2D eigenvalue weighted by molar-refractivity contribution is 0.117. The third-order valence-electron chi connectivity index (χ3n) is 5.99. The van der Waals surface area contributed by atoms with Gasteiger partial charge in [0.15, 0.2) is 0 Å². The summed E-state index contributed by atoms with van der Waals surface area (Å²) in [4.78, 5) is 0. The highest BCUT2D eigenvalue weighted by molar-refractivity contribution is 5.25. The summed E-state index contributed by atoms with van der Waals surface area (Å²) in [5.41, 5.74) is 9.42. The van der Waals surface area contributed by atoms with E-state index in [1.807, 2.05) is 0 Å². The van der Waals surface area contributed by atoms with E-state index >= 15 is 0 Å². The van der Waals surface area contributed by atoms with Gasteiger partial charge in [-0.25, -0.2) is 0 Å². The second-order valence-electron chi connectivity index (χ2n) is 7.40. The van der Waals surface area contributed by atoms with Crippen LogP contribution in [0.1, 0.15) is 75.5 Å². The van der Waals surface area contributed by atoms with Crippen molar-refractivity contribution in [2.45, 2.75) is 70.8 Å². The highest BCUT2D eigenvalue weighted by Gasteiger charge is 2.34. The Kier molecular flexibility index (Phi) is 5.00. The monoisotopic (exact) mass is 285 g/mol. The summed E-state index contributed by atoms with van der Waals surface area (Å²) >= 11 is 0. The normalized spacial score (nSPS) is 30.7. The summed E-state index contributed by atoms with van der Waals surface area (Å²) in [5.74, 6) is 2.71. The van der Waals surface area contributed by atoms with Gasteiger partial charge in [-0.2, -0.15) is 0 Å². The Morgan fingerprint density at radius 2 is 1.71 bits per heavy atom. The predicted octanol–water partition coefficient (Wildman–Crippen LogP) is 5.25. The molecule has 1 nitrogen and oxygen atoms in total. The van der Waals surface area contributed by atoms with Crippen molar-refractivity contribution in [1.29, 1.82) is 0 Å². The van der Waals surface area contributed by atoms with Crippen molar-refractivity contribution in [2.75, 3.05) is 0 Å². The zero-order valence-electron chi connectivity index (χ0n) is 13.6. The van der Waals surface area contributed by atoms with Crippen molar-refractivity contribution < 1.29 is 0 Å². The molecule has 4 unspecified atom stereocenters. The van der Waals surface area contributed by atoms with Crippen LogP contribution in [0.2, 0.25) is 0 Å². The first kappa shape index (κ1) is 15.1. The Bertz CT molecular complexity index is 436. The Hall–Kier alpha value is -0.820. The van der Waals surface area contributed by atoms with Crippen LogP contribution in [0.25, 0.3) is 0 Å². The van der Waals surface area contributed by atoms with Gasteiger partial charge in [0.05, 0.1) is 0 Å². The smallest absolute Gasteiger partial charge is 0.0323 e. The number of nitrogens with two attached hydrogens (primary N) is 1. The maximum absolute atomic E-state index is 6.62. The molecule has 21 heavy (non-hydrogen) atoms. The fraction of sp³-hybridized carbons (Fsp3) is 0.700. The average Bonchev–Trinajstić information content (AvgIpc) is 2.55. The maximum Gasteiger partial charge on any atom is 0.0323 e. The lowest BCUT2D eigenvalue weighted by Crippen LogP contribution is -2.33. The van der Waals surface area contributed by atoms with Crippen LogP contribution in [-0.4, -0.2) is 0 Å². The molecule has 0 heterocycles. The van der Waals surface area contributed by atoms with Crippen LogP contribution in [0.3, 0.4) is 0 Å². The topological polar surface area (TPSA) is 26.0 Å². The Morgan fingerprint density at radius 1 is 1.00 bits per heavy atom. The molecule has 0 amide bonds. The van der Waals surface area contributed by atoms with Gasteiger partial charge in [-0.3, -0.25) is 0 Å². The Morgan fingerprint density at radius 3 is 2.43 bits per heavy atom. The fourth-order valence-corrected chi connectivity index (χ4v) is 4.70. The minimum atomic E-state index is 0.253. The highest BCUT2D eigenvalue weighted by Crippen LogP contribution is 2.45. The summed E-state index contributed by atoms with van der Waals surface area (Å²) in [6.45, 7) is 2.24. The van der Waals surface area contributed by atoms with Crippen molar-refractivity contribution in [3.05, 3.63) is 35.4 Å². The van der Waals surface area contributed by atoms with E-state index < -0.39 is 0 Å². The second-order valence-corrected chi connectivity index (χ2v) is 7.40. The lowest BCUT2D eigenvalue weighted by atomic mass is 9.65. The number of hydrogen-bond donors (Lipinski definition) is 1. The molecule has 1 heteroatoms. The zero-order valence-corrected chi connectivity index (χ0v) is 13.6. The summed E-state index contributed by atoms with van der Waals surface area (Å²) in [5, 5.41) is 0. The average molecular weight is 285 g/mol. The van der Waals surface area contributed by atoms with E-state index in [2.05, 4.69) is 31.2 Å². The SMILES string of the molecule is CCCc1ccc(C(N)C2CCC3CCCCC3C2)cc1. The molecule has 116 valence electrons. The van der Waals surface area contributed by atoms with Gasteiger partial charge in [-0.1, -0.05) is 63.3 Å². The summed E-state index contributed by atoms with van der Waals surface area (Å²) in [6.07, 6.45) is 12.4. The van der Waals surface area contributed by atoms with E-state index in [1.165, 1.54) is 68.9 Å². The van der Waals surface area contributed by atoms with Crippen molar-refractivity contribution in [3.8, 4) is 0 Å². The van der Waals surface area contributed by atoms with E-state index in [0.29, 0.717) is 5.92 Å². The molecule has 1 aromatic rings. The highest BCUT2D eigenvalue weighted by atomic mass is 14.7. The van der Waals surface area contributed by atoms with Crippen LogP contribution in [0.5, 0.6) is 0 Å². The standard InChI is InChI=1S/C20H31N/c1-2-5-15-8-10-17(11-9-15)20(21)19-13-12-16-6-3-4-7-18(16)14-19/h8-11,16,18-20H,2-7,12-14,21H2,1H3. The number of rotatable bonds is 4. The van der Waals surface area contributed by atoms with Crippen molar-refractivity contribution in [2.24, 2.45) is 23.5 Å². The molecule has 1 aromatic carbocycles. The van der Waals surface area contributed by atoms with Gasteiger partial charge in [0.25, 0.3) is 0 Å². The molecule has 4 atom stereocenters. The molecule has 3 rings (SSSR count). The van der Waals surface area contributed by atoms with Crippen LogP contribution in [0, 0.1) is 17.8 Å². The molecule has 2 fully saturated rings. The molecule has 0 bridgehead atoms. The van der Waals surface area contributed by atoms with E-state index in [4.69, 9.17) is 5.73 Å². The Labute approximate surface area is 130 Å². The molecule has 0 spiro atoms. The van der Waals surface area contributed by atoms with Crippen LogP contribution < -0.4 is 5.73 Å². The molecule has 2 aliphatic rings. The van der Waals surface area contributed by atoms with Crippen molar-refractivity contribution in [3.63, 3.8) is 0 Å². The van der Waals surface area contributed by atoms with E-state index in [-0.39, 0.29) is 6.04 Å². The third-order valence-corrected chi connectivity index (χ3v) is 5.99. The van der Waals surface area contributed by atoms with Crippen LogP contribution in [0.15, 0.2) is 24.3 Å². The maximum atomic E-state index is 6.62. The summed E-state index contributed by atoms with van der Waals surface area (Å²) < 4.78 is 0. The number of fused-ring (bicyclic) bond motifs is 1. The number of hydrogen-bond acceptors (Lipinski definition) is 1. The zero-order chi connectivity index (χ0) is 14.7. The predicted molar refractivity (Wildman–Crippen MR) is 90.2 cm³/mol. The molecule has 0 aliphatic heterocycles. The van der Waals surface area contributed by atoms with Gasteiger partial charge in [-0.15, -0.1) is 0 Å². The first-order valence-electron chi connectivity index (χ1n) is 9.12. The molecule has 0 saturated heterocycles. The molecule has 0 aromatic heterocycles. The summed E-state index contributed by atoms with van der Waals surface area (Å²) in [6, 6.07) is 9.38. The van der Waals surface area contributed by atoms with E-state index in [0.717, 1.165) is 11.8 Å². The van der Waals surface area contributed by atoms with E-state index in [9.17, 15) is 0 Å². The molecule has 2 N–H and O–H groups in total. The fourth-order valence-electron chi connectivity index (χ4n) is 4.70. The largest absolute Gasteiger partial charge is 0.324 e. The van der Waals surface area contributed by atoms with Crippen LogP contribution >= 0.6 is 0 Å². The molecular weight excluding hydrogens is 254 g/mol. The Balaban J connectivity index is 1.63. The minimum Gasteiger partial charge on any atom is -0.324 e. The van der Waals surface area contributed by atoms with Gasteiger partial charge in [0, 0.05) is 6.04 Å². The van der Waals surface area contributed by atoms with Crippen LogP contribution in [-0.2, 0) is 6.42 Å². The number of benzene rings is 1. The quantitative estimate of drug-likeness (QED) is 0.803. The third kappa shape index (κ3) is 3.51. The van der Waals surface area contributed by atoms with Gasteiger partial charge in [0.1, 0.15) is 0 Å². The lowest BCUT2D eigenvalue weighted by Gasteiger charge is -2.41. The van der Waals surface area contributed by atoms with Crippen molar-refractivity contribution >= 4 is 0 Å². The first-order valence-corrected chi connectivity index (χ1v) is 9.12. The molecule has 0 radical (unpaired) electrons. The minimum absolute atomic E-state index is 0.253. The number of aryl methyl sites for hydroxylation is 1. The second kappa shape index (κ2) is 6.96. The molecule has 2 aliphatic carbocycles. The van der Waals surface area contributed by atoms with Gasteiger partial charge >= 0.3 is 0 Å². The van der Waals surface area contributed by atoms with Crippen LogP contribution in [0.4, 0.5) is 0 Å². The van der Waals surface area contributed by atoms with Gasteiger partial charge in [-0.05, 0) is 54.6 Å². The van der Waals surface area contributed by atoms with Gasteiger partial charge < -0.3 is 5.73 Å². The molecular formula is C20H31N. The van der Waals surface area contributed by atoms with E-state index in [1.54, 1.807) is 0 Å². The van der Waals surface area contributed by atoms with Crippen molar-refractivity contribution in [1.82, 2.24) is 0 Å².